The molecular formula is C6H12NO. The van der Waals surface area contributed by atoms with Gasteiger partial charge in [0.25, 0.3) is 0 Å². The summed E-state index contributed by atoms with van der Waals surface area (Å²) in [5.41, 5.74) is 0. The van der Waals surface area contributed by atoms with Gasteiger partial charge >= 0.3 is 0 Å². The lowest BCUT2D eigenvalue weighted by atomic mass is 10.3. The molecule has 1 heterocycles. The number of ether oxygens (including phenoxy) is 1. The predicted octanol–water partition coefficient (Wildman–Crippen LogP) is 0.547. The van der Waals surface area contributed by atoms with E-state index in [0.717, 1.165) is 19.3 Å². The van der Waals surface area contributed by atoms with Crippen LogP contribution in [0.25, 0.3) is 0 Å². The van der Waals surface area contributed by atoms with Gasteiger partial charge in [0.15, 0.2) is 0 Å². The van der Waals surface area contributed by atoms with Crippen molar-refractivity contribution in [3.05, 3.63) is 6.10 Å². The van der Waals surface area contributed by atoms with Crippen LogP contribution in [-0.4, -0.2) is 19.2 Å². The highest BCUT2D eigenvalue weighted by Gasteiger charge is 2.13. The molecule has 2 heteroatoms. The number of hydrogen-bond acceptors (Lipinski definition) is 2. The highest BCUT2D eigenvalue weighted by molar-refractivity contribution is 4.81. The fourth-order valence-electron chi connectivity index (χ4n) is 0.695. The third kappa shape index (κ3) is 1.46. The van der Waals surface area contributed by atoms with Gasteiger partial charge in [-0.15, -0.1) is 0 Å². The van der Waals surface area contributed by atoms with Gasteiger partial charge < -0.3 is 10.1 Å². The van der Waals surface area contributed by atoms with Crippen LogP contribution in [0.5, 0.6) is 0 Å². The molecule has 0 spiro atoms. The van der Waals surface area contributed by atoms with E-state index < -0.39 is 0 Å². The lowest BCUT2D eigenvalue weighted by Gasteiger charge is -2.24. The average molecular weight is 114 g/mol. The molecule has 1 fully saturated rings. The van der Waals surface area contributed by atoms with Gasteiger partial charge in [0.1, 0.15) is 6.10 Å². The maximum absolute atomic E-state index is 5.24. The molecule has 1 rings (SSSR count). The zero-order valence-electron chi connectivity index (χ0n) is 5.40. The van der Waals surface area contributed by atoms with Gasteiger partial charge in [-0.25, -0.2) is 0 Å². The summed E-state index contributed by atoms with van der Waals surface area (Å²) in [6.07, 6.45) is 1.10. The fraction of sp³-hybridized carbons (Fsp3) is 0.833. The van der Waals surface area contributed by atoms with E-state index in [1.165, 1.54) is 0 Å². The molecule has 0 unspecified atom stereocenters. The summed E-state index contributed by atoms with van der Waals surface area (Å²) in [7, 11) is 0. The topological polar surface area (TPSA) is 21.3 Å². The van der Waals surface area contributed by atoms with Gasteiger partial charge in [0.05, 0.1) is 6.61 Å². The normalized spacial score (nSPS) is 33.0. The first-order valence-electron chi connectivity index (χ1n) is 2.97. The molecular weight excluding hydrogens is 102 g/mol. The molecule has 0 aliphatic carbocycles. The molecule has 1 N–H and O–H groups in total. The van der Waals surface area contributed by atoms with Crippen molar-refractivity contribution in [1.29, 1.82) is 0 Å². The van der Waals surface area contributed by atoms with Crippen LogP contribution in [0.2, 0.25) is 0 Å². The van der Waals surface area contributed by atoms with Crippen molar-refractivity contribution in [1.82, 2.24) is 5.32 Å². The largest absolute Gasteiger partial charge is 0.369 e. The van der Waals surface area contributed by atoms with Crippen molar-refractivity contribution in [2.45, 2.75) is 19.9 Å². The first-order valence-corrected chi connectivity index (χ1v) is 2.97. The van der Waals surface area contributed by atoms with Crippen molar-refractivity contribution in [3.63, 3.8) is 0 Å². The predicted molar refractivity (Wildman–Crippen MR) is 32.3 cm³/mol. The number of hydrogen-bond donors (Lipinski definition) is 1. The summed E-state index contributed by atoms with van der Waals surface area (Å²) >= 11 is 0. The highest BCUT2D eigenvalue weighted by atomic mass is 16.5. The first-order chi connectivity index (χ1) is 3.79. The maximum atomic E-state index is 5.24. The van der Waals surface area contributed by atoms with Crippen LogP contribution >= 0.6 is 0 Å². The monoisotopic (exact) mass is 114 g/mol. The van der Waals surface area contributed by atoms with Crippen LogP contribution in [0.1, 0.15) is 13.8 Å². The summed E-state index contributed by atoms with van der Waals surface area (Å²) in [6, 6.07) is 0.527. The van der Waals surface area contributed by atoms with Crippen LogP contribution in [0, 0.1) is 6.10 Å². The van der Waals surface area contributed by atoms with E-state index in [1.54, 1.807) is 0 Å². The average Bonchev–Trinajstić information content (AvgIpc) is 1.77. The van der Waals surface area contributed by atoms with Crippen LogP contribution < -0.4 is 5.32 Å². The Morgan fingerprint density at radius 3 is 2.88 bits per heavy atom. The zero-order valence-corrected chi connectivity index (χ0v) is 5.40. The summed E-state index contributed by atoms with van der Waals surface area (Å²) in [5.74, 6) is 0. The third-order valence-electron chi connectivity index (χ3n) is 1.28. The standard InChI is InChI=1S/C6H12NO/c1-5-4-8-6(2)3-7-5/h5,7H,3-4H2,1-2H3/t5-/m1/s1. The Morgan fingerprint density at radius 2 is 2.50 bits per heavy atom. The fourth-order valence-corrected chi connectivity index (χ4v) is 0.695. The number of nitrogens with one attached hydrogen (secondary N) is 1. The van der Waals surface area contributed by atoms with E-state index in [1.807, 2.05) is 6.92 Å². The van der Waals surface area contributed by atoms with Gasteiger partial charge in [-0.2, -0.15) is 0 Å². The van der Waals surface area contributed by atoms with E-state index >= 15 is 0 Å². The van der Waals surface area contributed by atoms with Crippen LogP contribution in [0.15, 0.2) is 0 Å². The van der Waals surface area contributed by atoms with Crippen molar-refractivity contribution in [3.8, 4) is 0 Å². The summed E-state index contributed by atoms with van der Waals surface area (Å²) in [5, 5.41) is 3.27. The van der Waals surface area contributed by atoms with Crippen molar-refractivity contribution >= 4 is 0 Å². The van der Waals surface area contributed by atoms with Crippen LogP contribution in [0.3, 0.4) is 0 Å². The van der Waals surface area contributed by atoms with E-state index in [-0.39, 0.29) is 0 Å². The lowest BCUT2D eigenvalue weighted by Crippen LogP contribution is -2.39. The highest BCUT2D eigenvalue weighted by Crippen LogP contribution is 2.04. The summed E-state index contributed by atoms with van der Waals surface area (Å²) in [4.78, 5) is 0. The Morgan fingerprint density at radius 1 is 1.75 bits per heavy atom. The molecule has 1 radical (unpaired) electrons. The minimum Gasteiger partial charge on any atom is -0.369 e. The molecule has 0 saturated carbocycles. The molecule has 8 heavy (non-hydrogen) atoms. The van der Waals surface area contributed by atoms with E-state index in [4.69, 9.17) is 4.74 Å². The van der Waals surface area contributed by atoms with E-state index in [9.17, 15) is 0 Å². The van der Waals surface area contributed by atoms with Crippen molar-refractivity contribution in [2.75, 3.05) is 13.2 Å². The van der Waals surface area contributed by atoms with E-state index in [0.29, 0.717) is 6.04 Å². The van der Waals surface area contributed by atoms with Gasteiger partial charge in [0.2, 0.25) is 0 Å². The molecule has 0 aromatic heterocycles. The second kappa shape index (κ2) is 2.46. The van der Waals surface area contributed by atoms with Gasteiger partial charge in [-0.3, -0.25) is 0 Å². The third-order valence-corrected chi connectivity index (χ3v) is 1.28. The molecule has 0 bridgehead atoms. The molecule has 1 aliphatic rings. The smallest absolute Gasteiger partial charge is 0.108 e. The summed E-state index contributed by atoms with van der Waals surface area (Å²) < 4.78 is 5.24. The molecule has 0 aromatic rings. The number of morpholine rings is 1. The first kappa shape index (κ1) is 6.05. The zero-order chi connectivity index (χ0) is 5.98. The Kier molecular flexibility index (Phi) is 1.86. The van der Waals surface area contributed by atoms with E-state index in [2.05, 4.69) is 12.2 Å². The van der Waals surface area contributed by atoms with Gasteiger partial charge in [-0.1, -0.05) is 0 Å². The van der Waals surface area contributed by atoms with Crippen LogP contribution in [0.4, 0.5) is 0 Å². The maximum Gasteiger partial charge on any atom is 0.108 e. The molecule has 47 valence electrons. The lowest BCUT2D eigenvalue weighted by molar-refractivity contribution is 0.0919. The molecule has 0 aromatic carbocycles. The molecule has 1 saturated heterocycles. The minimum atomic E-state index is 0.527. The molecule has 1 atom stereocenters. The Bertz CT molecular complexity index is 56.9. The van der Waals surface area contributed by atoms with Crippen LogP contribution in [-0.2, 0) is 4.74 Å². The molecule has 2 nitrogen and oxygen atoms in total. The molecule has 1 aliphatic heterocycles. The Hall–Kier alpha value is -0.0800. The Labute approximate surface area is 50.2 Å². The Balaban J connectivity index is 2.19. The van der Waals surface area contributed by atoms with Gasteiger partial charge in [-0.05, 0) is 13.8 Å². The second-order valence-electron chi connectivity index (χ2n) is 2.29. The SMILES string of the molecule is C[C]1CN[C@H](C)CO1. The van der Waals surface area contributed by atoms with Gasteiger partial charge in [0, 0.05) is 12.6 Å². The number of rotatable bonds is 0. The van der Waals surface area contributed by atoms with Crippen molar-refractivity contribution < 1.29 is 4.74 Å². The van der Waals surface area contributed by atoms with Crippen molar-refractivity contribution in [2.24, 2.45) is 0 Å². The minimum absolute atomic E-state index is 0.527. The quantitative estimate of drug-likeness (QED) is 0.496. The second-order valence-corrected chi connectivity index (χ2v) is 2.29. The summed E-state index contributed by atoms with van der Waals surface area (Å²) in [6.45, 7) is 5.86. The molecule has 0 amide bonds.